The Hall–Kier alpha value is -1.36. The van der Waals surface area contributed by atoms with E-state index in [2.05, 4.69) is 4.98 Å². The van der Waals surface area contributed by atoms with E-state index in [1.807, 2.05) is 17.8 Å². The molecule has 0 aliphatic rings. The Labute approximate surface area is 83.5 Å². The monoisotopic (exact) mass is 196 g/mol. The highest BCUT2D eigenvalue weighted by atomic mass is 16.2. The van der Waals surface area contributed by atoms with E-state index >= 15 is 0 Å². The molecule has 14 heavy (non-hydrogen) atoms. The minimum atomic E-state index is -0.458. The third kappa shape index (κ3) is 2.32. The Balaban J connectivity index is 2.62. The van der Waals surface area contributed by atoms with E-state index < -0.39 is 6.04 Å². The van der Waals surface area contributed by atoms with Crippen molar-refractivity contribution < 1.29 is 4.79 Å². The van der Waals surface area contributed by atoms with Crippen molar-refractivity contribution in [3.8, 4) is 0 Å². The van der Waals surface area contributed by atoms with Gasteiger partial charge in [-0.05, 0) is 6.92 Å². The van der Waals surface area contributed by atoms with E-state index in [0.717, 1.165) is 5.82 Å². The van der Waals surface area contributed by atoms with Crippen molar-refractivity contribution in [3.05, 3.63) is 18.2 Å². The number of carbonyl (C=O) groups is 1. The van der Waals surface area contributed by atoms with Crippen LogP contribution in [-0.2, 0) is 18.4 Å². The first-order valence-corrected chi connectivity index (χ1v) is 4.49. The van der Waals surface area contributed by atoms with Gasteiger partial charge in [0.25, 0.3) is 0 Å². The molecule has 5 nitrogen and oxygen atoms in total. The van der Waals surface area contributed by atoms with Crippen molar-refractivity contribution in [2.24, 2.45) is 12.8 Å². The third-order valence-electron chi connectivity index (χ3n) is 2.07. The SMILES string of the molecule is C[C@H](N)C(=O)N(C)Cc1nccn1C. The van der Waals surface area contributed by atoms with Gasteiger partial charge in [-0.1, -0.05) is 0 Å². The van der Waals surface area contributed by atoms with Gasteiger partial charge < -0.3 is 15.2 Å². The number of aromatic nitrogens is 2. The van der Waals surface area contributed by atoms with E-state index in [1.54, 1.807) is 25.1 Å². The molecule has 0 aliphatic heterocycles. The molecule has 0 saturated carbocycles. The highest BCUT2D eigenvalue weighted by molar-refractivity contribution is 5.80. The van der Waals surface area contributed by atoms with Crippen LogP contribution in [0.25, 0.3) is 0 Å². The number of nitrogens with two attached hydrogens (primary N) is 1. The molecule has 2 N–H and O–H groups in total. The summed E-state index contributed by atoms with van der Waals surface area (Å²) in [6.07, 6.45) is 3.55. The first-order valence-electron chi connectivity index (χ1n) is 4.49. The maximum Gasteiger partial charge on any atom is 0.239 e. The maximum absolute atomic E-state index is 11.4. The van der Waals surface area contributed by atoms with Crippen LogP contribution in [0.2, 0.25) is 0 Å². The van der Waals surface area contributed by atoms with Gasteiger partial charge in [0, 0.05) is 26.5 Å². The molecule has 1 heterocycles. The number of likely N-dealkylation sites (N-methyl/N-ethyl adjacent to an activating group) is 1. The Morgan fingerprint density at radius 1 is 1.79 bits per heavy atom. The van der Waals surface area contributed by atoms with Crippen molar-refractivity contribution in [3.63, 3.8) is 0 Å². The second-order valence-electron chi connectivity index (χ2n) is 3.44. The topological polar surface area (TPSA) is 64.2 Å². The summed E-state index contributed by atoms with van der Waals surface area (Å²) in [7, 11) is 3.62. The Bertz CT molecular complexity index is 318. The quantitative estimate of drug-likeness (QED) is 0.723. The summed E-state index contributed by atoms with van der Waals surface area (Å²) in [5, 5.41) is 0. The third-order valence-corrected chi connectivity index (χ3v) is 2.07. The highest BCUT2D eigenvalue weighted by Crippen LogP contribution is 2.00. The lowest BCUT2D eigenvalue weighted by Gasteiger charge is -2.18. The van der Waals surface area contributed by atoms with Gasteiger partial charge in [0.1, 0.15) is 5.82 Å². The normalized spacial score (nSPS) is 12.6. The van der Waals surface area contributed by atoms with Gasteiger partial charge >= 0.3 is 0 Å². The van der Waals surface area contributed by atoms with Crippen molar-refractivity contribution >= 4 is 5.91 Å². The van der Waals surface area contributed by atoms with E-state index in [0.29, 0.717) is 6.54 Å². The van der Waals surface area contributed by atoms with Gasteiger partial charge in [0.05, 0.1) is 12.6 Å². The number of amides is 1. The predicted octanol–water partition coefficient (Wildman–Crippen LogP) is -0.274. The molecule has 0 aromatic carbocycles. The number of aryl methyl sites for hydroxylation is 1. The molecule has 0 aliphatic carbocycles. The van der Waals surface area contributed by atoms with Crippen LogP contribution in [0.5, 0.6) is 0 Å². The van der Waals surface area contributed by atoms with Crippen LogP contribution < -0.4 is 5.73 Å². The van der Waals surface area contributed by atoms with Gasteiger partial charge in [0.15, 0.2) is 0 Å². The molecule has 0 bridgehead atoms. The molecule has 0 saturated heterocycles. The first-order chi connectivity index (χ1) is 6.52. The summed E-state index contributed by atoms with van der Waals surface area (Å²) in [5.74, 6) is 0.773. The highest BCUT2D eigenvalue weighted by Gasteiger charge is 2.14. The molecule has 0 radical (unpaired) electrons. The molecule has 78 valence electrons. The molecule has 1 amide bonds. The Morgan fingerprint density at radius 3 is 2.86 bits per heavy atom. The summed E-state index contributed by atoms with van der Waals surface area (Å²) in [6.45, 7) is 2.17. The second kappa shape index (κ2) is 4.23. The van der Waals surface area contributed by atoms with Gasteiger partial charge in [-0.3, -0.25) is 4.79 Å². The lowest BCUT2D eigenvalue weighted by Crippen LogP contribution is -2.39. The van der Waals surface area contributed by atoms with Gasteiger partial charge in [-0.25, -0.2) is 4.98 Å². The summed E-state index contributed by atoms with van der Waals surface area (Å²) >= 11 is 0. The molecule has 0 spiro atoms. The average molecular weight is 196 g/mol. The smallest absolute Gasteiger partial charge is 0.239 e. The Kier molecular flexibility index (Phi) is 3.24. The fraction of sp³-hybridized carbons (Fsp3) is 0.556. The van der Waals surface area contributed by atoms with E-state index in [4.69, 9.17) is 5.73 Å². The summed E-state index contributed by atoms with van der Waals surface area (Å²) in [4.78, 5) is 17.1. The van der Waals surface area contributed by atoms with Crippen LogP contribution in [0.4, 0.5) is 0 Å². The Morgan fingerprint density at radius 2 is 2.43 bits per heavy atom. The predicted molar refractivity (Wildman–Crippen MR) is 53.3 cm³/mol. The molecule has 0 unspecified atom stereocenters. The first kappa shape index (κ1) is 10.7. The van der Waals surface area contributed by atoms with Crippen LogP contribution in [0.3, 0.4) is 0 Å². The summed E-state index contributed by atoms with van der Waals surface area (Å²) in [6, 6.07) is -0.458. The number of nitrogens with zero attached hydrogens (tertiary/aromatic N) is 3. The molecule has 1 atom stereocenters. The zero-order valence-electron chi connectivity index (χ0n) is 8.77. The molecule has 1 rings (SSSR count). The second-order valence-corrected chi connectivity index (χ2v) is 3.44. The van der Waals surface area contributed by atoms with Crippen molar-refractivity contribution in [2.75, 3.05) is 7.05 Å². The van der Waals surface area contributed by atoms with Crippen LogP contribution in [0, 0.1) is 0 Å². The standard InChI is InChI=1S/C9H16N4O/c1-7(10)9(14)13(3)6-8-11-4-5-12(8)2/h4-5,7H,6,10H2,1-3H3/t7-/m0/s1. The number of hydrogen-bond donors (Lipinski definition) is 1. The zero-order valence-corrected chi connectivity index (χ0v) is 8.77. The van der Waals surface area contributed by atoms with Gasteiger partial charge in [0.2, 0.25) is 5.91 Å². The van der Waals surface area contributed by atoms with Crippen molar-refractivity contribution in [1.82, 2.24) is 14.5 Å². The minimum absolute atomic E-state index is 0.0759. The fourth-order valence-corrected chi connectivity index (χ4v) is 1.19. The van der Waals surface area contributed by atoms with E-state index in [9.17, 15) is 4.79 Å². The average Bonchev–Trinajstić information content (AvgIpc) is 2.50. The van der Waals surface area contributed by atoms with Gasteiger partial charge in [-0.15, -0.1) is 0 Å². The van der Waals surface area contributed by atoms with Gasteiger partial charge in [-0.2, -0.15) is 0 Å². The van der Waals surface area contributed by atoms with E-state index in [-0.39, 0.29) is 5.91 Å². The van der Waals surface area contributed by atoms with Crippen LogP contribution in [-0.4, -0.2) is 33.4 Å². The minimum Gasteiger partial charge on any atom is -0.337 e. The maximum atomic E-state index is 11.4. The zero-order chi connectivity index (χ0) is 10.7. The molecule has 1 aromatic rings. The number of imidazole rings is 1. The lowest BCUT2D eigenvalue weighted by atomic mass is 10.3. The van der Waals surface area contributed by atoms with Crippen molar-refractivity contribution in [2.45, 2.75) is 19.5 Å². The summed E-state index contributed by atoms with van der Waals surface area (Å²) in [5.41, 5.74) is 5.49. The lowest BCUT2D eigenvalue weighted by molar-refractivity contribution is -0.131. The van der Waals surface area contributed by atoms with Crippen molar-refractivity contribution in [1.29, 1.82) is 0 Å². The molecule has 0 fully saturated rings. The molecule has 1 aromatic heterocycles. The largest absolute Gasteiger partial charge is 0.337 e. The number of carbonyl (C=O) groups excluding carboxylic acids is 1. The van der Waals surface area contributed by atoms with Crippen LogP contribution in [0.1, 0.15) is 12.7 Å². The molecular weight excluding hydrogens is 180 g/mol. The van der Waals surface area contributed by atoms with E-state index in [1.165, 1.54) is 0 Å². The van der Waals surface area contributed by atoms with Crippen LogP contribution in [0.15, 0.2) is 12.4 Å². The molecular formula is C9H16N4O. The number of hydrogen-bond acceptors (Lipinski definition) is 3. The van der Waals surface area contributed by atoms with Crippen LogP contribution >= 0.6 is 0 Å². The fourth-order valence-electron chi connectivity index (χ4n) is 1.19. The summed E-state index contributed by atoms with van der Waals surface area (Å²) < 4.78 is 1.88. The number of rotatable bonds is 3. The molecule has 5 heteroatoms.